The van der Waals surface area contributed by atoms with Crippen LogP contribution in [0.15, 0.2) is 206 Å². The molecule has 1 heterocycles. The number of para-hydroxylation sites is 1. The summed E-state index contributed by atoms with van der Waals surface area (Å²) in [6.45, 7) is 9.55. The molecule has 0 unspecified atom stereocenters. The Hall–Kier alpha value is -7.42. The average molecular weight is 795 g/mol. The van der Waals surface area contributed by atoms with Crippen molar-refractivity contribution >= 4 is 38.9 Å². The van der Waals surface area contributed by atoms with Gasteiger partial charge in [-0.15, -0.1) is 0 Å². The number of nitrogens with zero attached hydrogens (tertiary/aromatic N) is 2. The smallest absolute Gasteiger partial charge is 0.0544 e. The number of fused-ring (bicyclic) bond motifs is 9. The molecule has 0 atom stereocenters. The van der Waals surface area contributed by atoms with Crippen molar-refractivity contribution < 1.29 is 0 Å². The van der Waals surface area contributed by atoms with Gasteiger partial charge < -0.3 is 9.47 Å². The van der Waals surface area contributed by atoms with Crippen LogP contribution >= 0.6 is 0 Å². The predicted octanol–water partition coefficient (Wildman–Crippen LogP) is 16.2. The third-order valence-electron chi connectivity index (χ3n) is 14.0. The molecule has 0 N–H and O–H groups in total. The van der Waals surface area contributed by atoms with E-state index in [9.17, 15) is 0 Å². The number of hydrogen-bond acceptors (Lipinski definition) is 1. The standard InChI is InChI=1S/C60H46N2/c1-59(2)53-21-13-11-19-47(53)48-33-31-45(35-54(48)59)61(43-27-23-41(24-28-43)39-15-7-5-8-16-39)46-32-34-49-51-37-52-50-20-12-14-22-57(50)62(58(52)38-56(51)60(3,4)55(49)36-46)44-29-25-42(26-30-44)40-17-9-6-10-18-40/h5-38H,1-4H3. The number of hydrogen-bond donors (Lipinski definition) is 0. The fourth-order valence-electron chi connectivity index (χ4n) is 10.7. The van der Waals surface area contributed by atoms with Crippen molar-refractivity contribution in [3.8, 4) is 50.2 Å². The van der Waals surface area contributed by atoms with Crippen LogP contribution in [0.25, 0.3) is 72.0 Å². The monoisotopic (exact) mass is 794 g/mol. The summed E-state index contributed by atoms with van der Waals surface area (Å²) in [6, 6.07) is 76.4. The molecule has 2 nitrogen and oxygen atoms in total. The lowest BCUT2D eigenvalue weighted by Crippen LogP contribution is -2.18. The van der Waals surface area contributed by atoms with Crippen LogP contribution in [0.3, 0.4) is 0 Å². The van der Waals surface area contributed by atoms with Crippen LogP contribution in [0.1, 0.15) is 49.9 Å². The van der Waals surface area contributed by atoms with Crippen LogP contribution in [0.5, 0.6) is 0 Å². The zero-order valence-electron chi connectivity index (χ0n) is 35.5. The van der Waals surface area contributed by atoms with Gasteiger partial charge in [0.1, 0.15) is 0 Å². The molecular weight excluding hydrogens is 749 g/mol. The minimum Gasteiger partial charge on any atom is -0.310 e. The second kappa shape index (κ2) is 13.5. The maximum absolute atomic E-state index is 2.48. The van der Waals surface area contributed by atoms with E-state index in [0.717, 1.165) is 17.1 Å². The van der Waals surface area contributed by atoms with Crippen molar-refractivity contribution in [2.24, 2.45) is 0 Å². The molecule has 0 fully saturated rings. The van der Waals surface area contributed by atoms with Crippen LogP contribution in [0.4, 0.5) is 17.1 Å². The van der Waals surface area contributed by atoms with Crippen molar-refractivity contribution in [1.82, 2.24) is 4.57 Å². The molecule has 62 heavy (non-hydrogen) atoms. The Bertz CT molecular complexity index is 3370. The summed E-state index contributed by atoms with van der Waals surface area (Å²) in [5, 5.41) is 2.55. The first kappa shape index (κ1) is 36.4. The predicted molar refractivity (Wildman–Crippen MR) is 261 cm³/mol. The lowest BCUT2D eigenvalue weighted by Gasteiger charge is -2.30. The number of benzene rings is 9. The summed E-state index contributed by atoms with van der Waals surface area (Å²) in [4.78, 5) is 2.46. The molecule has 1 aromatic heterocycles. The highest BCUT2D eigenvalue weighted by Crippen LogP contribution is 2.54. The second-order valence-electron chi connectivity index (χ2n) is 18.2. The molecule has 0 radical (unpaired) electrons. The van der Waals surface area contributed by atoms with Crippen molar-refractivity contribution in [2.75, 3.05) is 4.90 Å². The quantitative estimate of drug-likeness (QED) is 0.163. The molecule has 0 saturated carbocycles. The Morgan fingerprint density at radius 2 is 0.790 bits per heavy atom. The molecule has 296 valence electrons. The van der Waals surface area contributed by atoms with Gasteiger partial charge in [-0.2, -0.15) is 0 Å². The van der Waals surface area contributed by atoms with Gasteiger partial charge in [0, 0.05) is 44.4 Å². The van der Waals surface area contributed by atoms with Gasteiger partial charge in [-0.25, -0.2) is 0 Å². The molecule has 2 heteroatoms. The molecule has 2 aliphatic rings. The molecule has 2 aliphatic carbocycles. The van der Waals surface area contributed by atoms with E-state index in [-0.39, 0.29) is 10.8 Å². The van der Waals surface area contributed by atoms with E-state index in [1.54, 1.807) is 0 Å². The lowest BCUT2D eigenvalue weighted by molar-refractivity contribution is 0.660. The van der Waals surface area contributed by atoms with Crippen LogP contribution in [0, 0.1) is 0 Å². The van der Waals surface area contributed by atoms with Gasteiger partial charge in [0.05, 0.1) is 11.0 Å². The van der Waals surface area contributed by atoms with Gasteiger partial charge in [0.2, 0.25) is 0 Å². The molecule has 0 saturated heterocycles. The minimum atomic E-state index is -0.238. The van der Waals surface area contributed by atoms with Crippen LogP contribution in [-0.2, 0) is 10.8 Å². The summed E-state index contributed by atoms with van der Waals surface area (Å²) in [5.74, 6) is 0. The molecule has 9 aromatic carbocycles. The summed E-state index contributed by atoms with van der Waals surface area (Å²) < 4.78 is 2.46. The molecule has 0 aliphatic heterocycles. The van der Waals surface area contributed by atoms with Crippen LogP contribution in [-0.4, -0.2) is 4.57 Å². The Morgan fingerprint density at radius 1 is 0.323 bits per heavy atom. The molecule has 0 amide bonds. The van der Waals surface area contributed by atoms with E-state index >= 15 is 0 Å². The first-order valence-electron chi connectivity index (χ1n) is 21.8. The highest BCUT2D eigenvalue weighted by atomic mass is 15.1. The number of rotatable bonds is 6. The largest absolute Gasteiger partial charge is 0.310 e. The van der Waals surface area contributed by atoms with Gasteiger partial charge in [0.25, 0.3) is 0 Å². The minimum absolute atomic E-state index is 0.108. The maximum Gasteiger partial charge on any atom is 0.0544 e. The van der Waals surface area contributed by atoms with Gasteiger partial charge >= 0.3 is 0 Å². The van der Waals surface area contributed by atoms with Crippen molar-refractivity contribution in [3.05, 3.63) is 229 Å². The second-order valence-corrected chi connectivity index (χ2v) is 18.2. The van der Waals surface area contributed by atoms with E-state index < -0.39 is 0 Å². The Balaban J connectivity index is 0.998. The van der Waals surface area contributed by atoms with Gasteiger partial charge in [0.15, 0.2) is 0 Å². The maximum atomic E-state index is 2.48. The first-order valence-corrected chi connectivity index (χ1v) is 21.8. The summed E-state index contributed by atoms with van der Waals surface area (Å²) >= 11 is 0. The third kappa shape index (κ3) is 5.43. The molecule has 10 aromatic rings. The van der Waals surface area contributed by atoms with E-state index in [1.165, 1.54) is 94.3 Å². The Kier molecular flexibility index (Phi) is 7.96. The third-order valence-corrected chi connectivity index (χ3v) is 14.0. The molecule has 12 rings (SSSR count). The van der Waals surface area contributed by atoms with E-state index in [2.05, 4.69) is 243 Å². The fraction of sp³-hybridized carbons (Fsp3) is 0.100. The van der Waals surface area contributed by atoms with Crippen LogP contribution < -0.4 is 4.90 Å². The topological polar surface area (TPSA) is 8.17 Å². The molecular formula is C60H46N2. The zero-order valence-corrected chi connectivity index (χ0v) is 35.5. The van der Waals surface area contributed by atoms with E-state index in [4.69, 9.17) is 0 Å². The van der Waals surface area contributed by atoms with Crippen molar-refractivity contribution in [2.45, 2.75) is 38.5 Å². The Labute approximate surface area is 364 Å². The highest BCUT2D eigenvalue weighted by molar-refractivity contribution is 6.11. The zero-order chi connectivity index (χ0) is 41.7. The number of anilines is 3. The summed E-state index contributed by atoms with van der Waals surface area (Å²) in [7, 11) is 0. The van der Waals surface area contributed by atoms with Crippen LogP contribution in [0.2, 0.25) is 0 Å². The van der Waals surface area contributed by atoms with Gasteiger partial charge in [-0.1, -0.05) is 167 Å². The molecule has 0 bridgehead atoms. The lowest BCUT2D eigenvalue weighted by atomic mass is 9.82. The fourth-order valence-corrected chi connectivity index (χ4v) is 10.7. The molecule has 0 spiro atoms. The van der Waals surface area contributed by atoms with Crippen molar-refractivity contribution in [1.29, 1.82) is 0 Å². The normalized spacial score (nSPS) is 14.1. The van der Waals surface area contributed by atoms with Gasteiger partial charge in [-0.05, 0) is 133 Å². The summed E-state index contributed by atoms with van der Waals surface area (Å²) in [6.07, 6.45) is 0. The van der Waals surface area contributed by atoms with Crippen molar-refractivity contribution in [3.63, 3.8) is 0 Å². The van der Waals surface area contributed by atoms with Gasteiger partial charge in [-0.3, -0.25) is 0 Å². The van der Waals surface area contributed by atoms with E-state index in [0.29, 0.717) is 0 Å². The van der Waals surface area contributed by atoms with E-state index in [1.807, 2.05) is 0 Å². The summed E-state index contributed by atoms with van der Waals surface area (Å²) in [5.41, 5.74) is 22.4. The Morgan fingerprint density at radius 3 is 1.44 bits per heavy atom. The SMILES string of the molecule is CC1(C)c2ccccc2-c2ccc(N(c3ccc(-c4ccccc4)cc3)c3ccc4c(c3)C(C)(C)c3cc5c(cc3-4)c3ccccc3n5-c3ccc(-c4ccccc4)cc3)cc21. The highest BCUT2D eigenvalue weighted by Gasteiger charge is 2.38. The first-order chi connectivity index (χ1) is 30.3. The number of aromatic nitrogens is 1. The average Bonchev–Trinajstić information content (AvgIpc) is 3.85.